The van der Waals surface area contributed by atoms with E-state index in [1.165, 1.54) is 7.11 Å². The smallest absolute Gasteiger partial charge is 0.363 e. The van der Waals surface area contributed by atoms with Crippen LogP contribution >= 0.6 is 11.3 Å². The van der Waals surface area contributed by atoms with Gasteiger partial charge in [0.1, 0.15) is 11.3 Å². The van der Waals surface area contributed by atoms with E-state index in [1.807, 2.05) is 0 Å². The van der Waals surface area contributed by atoms with E-state index in [2.05, 4.69) is 14.9 Å². The Bertz CT molecular complexity index is 547. The van der Waals surface area contributed by atoms with Crippen LogP contribution in [0.3, 0.4) is 0 Å². The Kier molecular flexibility index (Phi) is 5.65. The highest BCUT2D eigenvalue weighted by atomic mass is 32.1. The number of oxime groups is 1. The number of thiazole rings is 1. The Morgan fingerprint density at radius 2 is 2.10 bits per heavy atom. The number of hydrogen-bond donors (Lipinski definition) is 1. The molecule has 0 amide bonds. The van der Waals surface area contributed by atoms with E-state index in [9.17, 15) is 9.59 Å². The van der Waals surface area contributed by atoms with Crippen LogP contribution < -0.4 is 5.73 Å². The van der Waals surface area contributed by atoms with Gasteiger partial charge in [-0.15, -0.1) is 11.3 Å². The molecule has 0 unspecified atom stereocenters. The predicted octanol–water partition coefficient (Wildman–Crippen LogP) is 0.961. The molecule has 1 heterocycles. The van der Waals surface area contributed by atoms with Crippen molar-refractivity contribution in [3.8, 4) is 0 Å². The maximum Gasteiger partial charge on any atom is 0.363 e. The van der Waals surface area contributed by atoms with E-state index in [4.69, 9.17) is 15.3 Å². The molecule has 0 atom stereocenters. The van der Waals surface area contributed by atoms with Gasteiger partial charge in [-0.1, -0.05) is 5.16 Å². The molecule has 116 valence electrons. The van der Waals surface area contributed by atoms with Crippen LogP contribution in [0, 0.1) is 0 Å². The molecular weight excluding hydrogens is 298 g/mol. The van der Waals surface area contributed by atoms with E-state index < -0.39 is 24.1 Å². The number of hydrogen-bond acceptors (Lipinski definition) is 9. The summed E-state index contributed by atoms with van der Waals surface area (Å²) in [6, 6.07) is 0. The lowest BCUT2D eigenvalue weighted by Gasteiger charge is -2.19. The van der Waals surface area contributed by atoms with Crippen molar-refractivity contribution in [1.29, 1.82) is 0 Å². The SMILES string of the molecule is COC(=O)CO/N=C(\C(=O)OC(C)(C)C)c1csc(N)n1. The fourth-order valence-electron chi connectivity index (χ4n) is 1.12. The van der Waals surface area contributed by atoms with Crippen LogP contribution in [0.15, 0.2) is 10.5 Å². The quantitative estimate of drug-likeness (QED) is 0.489. The minimum atomic E-state index is -0.724. The summed E-state index contributed by atoms with van der Waals surface area (Å²) < 4.78 is 9.61. The Labute approximate surface area is 125 Å². The van der Waals surface area contributed by atoms with Gasteiger partial charge in [-0.05, 0) is 20.8 Å². The second kappa shape index (κ2) is 7.02. The van der Waals surface area contributed by atoms with E-state index in [-0.39, 0.29) is 16.5 Å². The molecular formula is C12H17N3O5S. The predicted molar refractivity (Wildman–Crippen MR) is 76.9 cm³/mol. The molecule has 0 aliphatic rings. The Morgan fingerprint density at radius 1 is 1.43 bits per heavy atom. The van der Waals surface area contributed by atoms with Gasteiger partial charge in [0.2, 0.25) is 12.3 Å². The van der Waals surface area contributed by atoms with Crippen LogP contribution in [0.4, 0.5) is 5.13 Å². The first kappa shape index (κ1) is 16.9. The van der Waals surface area contributed by atoms with Crippen LogP contribution in [0.5, 0.6) is 0 Å². The van der Waals surface area contributed by atoms with Crippen LogP contribution in [-0.2, 0) is 23.9 Å². The molecule has 0 aromatic carbocycles. The zero-order valence-electron chi connectivity index (χ0n) is 12.2. The van der Waals surface area contributed by atoms with Gasteiger partial charge >= 0.3 is 11.9 Å². The maximum atomic E-state index is 12.1. The summed E-state index contributed by atoms with van der Waals surface area (Å²) in [5.41, 5.74) is 4.88. The van der Waals surface area contributed by atoms with Crippen molar-refractivity contribution in [3.63, 3.8) is 0 Å². The van der Waals surface area contributed by atoms with Gasteiger partial charge in [0.25, 0.3) is 0 Å². The number of carbonyl (C=O) groups is 2. The Balaban J connectivity index is 2.92. The van der Waals surface area contributed by atoms with Gasteiger partial charge in [0.15, 0.2) is 5.13 Å². The second-order valence-electron chi connectivity index (χ2n) is 4.86. The Morgan fingerprint density at radius 3 is 2.57 bits per heavy atom. The standard InChI is InChI=1S/C12H17N3O5S/c1-12(2,3)20-10(17)9(7-6-21-11(13)14-7)15-19-5-8(16)18-4/h6H,5H2,1-4H3,(H2,13,14)/b15-9-. The van der Waals surface area contributed by atoms with Crippen molar-refractivity contribution in [2.24, 2.45) is 5.16 Å². The van der Waals surface area contributed by atoms with Gasteiger partial charge < -0.3 is 20.0 Å². The number of methoxy groups -OCH3 is 1. The first-order valence-corrected chi connectivity index (χ1v) is 6.82. The van der Waals surface area contributed by atoms with E-state index in [1.54, 1.807) is 26.2 Å². The summed E-state index contributed by atoms with van der Waals surface area (Å²) in [4.78, 5) is 31.8. The zero-order chi connectivity index (χ0) is 16.0. The lowest BCUT2D eigenvalue weighted by Crippen LogP contribution is -2.30. The summed E-state index contributed by atoms with van der Waals surface area (Å²) in [7, 11) is 1.21. The molecule has 1 aromatic heterocycles. The highest BCUT2D eigenvalue weighted by Crippen LogP contribution is 2.15. The van der Waals surface area contributed by atoms with Crippen molar-refractivity contribution in [3.05, 3.63) is 11.1 Å². The first-order valence-electron chi connectivity index (χ1n) is 5.94. The third-order valence-electron chi connectivity index (χ3n) is 1.92. The number of nitrogens with zero attached hydrogens (tertiary/aromatic N) is 2. The minimum Gasteiger partial charge on any atom is -0.466 e. The largest absolute Gasteiger partial charge is 0.466 e. The van der Waals surface area contributed by atoms with Crippen molar-refractivity contribution in [2.75, 3.05) is 19.5 Å². The zero-order valence-corrected chi connectivity index (χ0v) is 13.0. The minimum absolute atomic E-state index is 0.165. The summed E-state index contributed by atoms with van der Waals surface area (Å²) in [6.07, 6.45) is 0. The van der Waals surface area contributed by atoms with Crippen LogP contribution in [0.25, 0.3) is 0 Å². The van der Waals surface area contributed by atoms with Crippen molar-refractivity contribution < 1.29 is 23.9 Å². The summed E-state index contributed by atoms with van der Waals surface area (Å²) in [5.74, 6) is -1.35. The Hall–Kier alpha value is -2.16. The van der Waals surface area contributed by atoms with Gasteiger partial charge in [-0.25, -0.2) is 14.6 Å². The molecule has 21 heavy (non-hydrogen) atoms. The van der Waals surface area contributed by atoms with Gasteiger partial charge in [-0.3, -0.25) is 0 Å². The first-order chi connectivity index (χ1) is 9.73. The second-order valence-corrected chi connectivity index (χ2v) is 5.75. The van der Waals surface area contributed by atoms with Crippen molar-refractivity contribution >= 4 is 34.1 Å². The average molecular weight is 315 g/mol. The highest BCUT2D eigenvalue weighted by Gasteiger charge is 2.25. The van der Waals surface area contributed by atoms with Crippen LogP contribution in [-0.4, -0.2) is 42.0 Å². The number of ether oxygens (including phenoxy) is 2. The van der Waals surface area contributed by atoms with E-state index in [0.717, 1.165) is 11.3 Å². The van der Waals surface area contributed by atoms with Crippen molar-refractivity contribution in [1.82, 2.24) is 4.98 Å². The molecule has 0 saturated carbocycles. The van der Waals surface area contributed by atoms with Gasteiger partial charge in [0, 0.05) is 5.38 Å². The molecule has 0 radical (unpaired) electrons. The number of carbonyl (C=O) groups excluding carboxylic acids is 2. The maximum absolute atomic E-state index is 12.1. The normalized spacial score (nSPS) is 11.9. The lowest BCUT2D eigenvalue weighted by atomic mass is 10.2. The van der Waals surface area contributed by atoms with Gasteiger partial charge in [0.05, 0.1) is 7.11 Å². The summed E-state index contributed by atoms with van der Waals surface area (Å²) in [6.45, 7) is 4.72. The molecule has 0 aliphatic heterocycles. The average Bonchev–Trinajstić information content (AvgIpc) is 2.78. The molecule has 1 rings (SSSR count). The fraction of sp³-hybridized carbons (Fsp3) is 0.500. The van der Waals surface area contributed by atoms with E-state index >= 15 is 0 Å². The molecule has 1 aromatic rings. The molecule has 0 bridgehead atoms. The van der Waals surface area contributed by atoms with Crippen molar-refractivity contribution in [2.45, 2.75) is 26.4 Å². The molecule has 0 aliphatic carbocycles. The molecule has 0 spiro atoms. The monoisotopic (exact) mass is 315 g/mol. The molecule has 8 nitrogen and oxygen atoms in total. The number of anilines is 1. The fourth-order valence-corrected chi connectivity index (χ4v) is 1.67. The number of aromatic nitrogens is 1. The molecule has 9 heteroatoms. The molecule has 0 fully saturated rings. The number of rotatable bonds is 5. The number of nitrogens with two attached hydrogens (primary N) is 1. The summed E-state index contributed by atoms with van der Waals surface area (Å²) in [5, 5.41) is 5.42. The molecule has 0 saturated heterocycles. The number of esters is 2. The van der Waals surface area contributed by atoms with Crippen LogP contribution in [0.2, 0.25) is 0 Å². The third-order valence-corrected chi connectivity index (χ3v) is 2.60. The highest BCUT2D eigenvalue weighted by molar-refractivity contribution is 7.13. The summed E-state index contributed by atoms with van der Waals surface area (Å²) >= 11 is 1.14. The lowest BCUT2D eigenvalue weighted by molar-refractivity contribution is -0.148. The van der Waals surface area contributed by atoms with Crippen LogP contribution in [0.1, 0.15) is 26.5 Å². The number of nitrogen functional groups attached to an aromatic ring is 1. The third kappa shape index (κ3) is 5.78. The molecule has 2 N–H and O–H groups in total. The van der Waals surface area contributed by atoms with E-state index in [0.29, 0.717) is 0 Å². The topological polar surface area (TPSA) is 113 Å². The van der Waals surface area contributed by atoms with Gasteiger partial charge in [-0.2, -0.15) is 0 Å².